The first-order valence-electron chi connectivity index (χ1n) is 5.60. The van der Waals surface area contributed by atoms with E-state index in [9.17, 15) is 4.79 Å². The van der Waals surface area contributed by atoms with Crippen LogP contribution >= 0.6 is 27.5 Å². The molecule has 0 aromatic heterocycles. The minimum Gasteiger partial charge on any atom is -0.398 e. The monoisotopic (exact) mass is 338 g/mol. The lowest BCUT2D eigenvalue weighted by atomic mass is 10.1. The van der Waals surface area contributed by atoms with Gasteiger partial charge in [0.1, 0.15) is 0 Å². The molecule has 2 aromatic carbocycles. The van der Waals surface area contributed by atoms with Gasteiger partial charge in [0.25, 0.3) is 5.91 Å². The first-order chi connectivity index (χ1) is 8.99. The van der Waals surface area contributed by atoms with E-state index in [1.807, 2.05) is 25.1 Å². The Morgan fingerprint density at radius 1 is 1.32 bits per heavy atom. The Balaban J connectivity index is 2.28. The van der Waals surface area contributed by atoms with Crippen molar-refractivity contribution < 1.29 is 4.79 Å². The van der Waals surface area contributed by atoms with Crippen LogP contribution in [0.1, 0.15) is 15.9 Å². The first-order valence-corrected chi connectivity index (χ1v) is 6.77. The number of nitrogens with two attached hydrogens (primary N) is 1. The predicted octanol–water partition coefficient (Wildman–Crippen LogP) is 4.25. The maximum atomic E-state index is 12.2. The van der Waals surface area contributed by atoms with E-state index in [2.05, 4.69) is 21.2 Å². The second-order valence-corrected chi connectivity index (χ2v) is 5.35. The van der Waals surface area contributed by atoms with Gasteiger partial charge in [-0.1, -0.05) is 23.7 Å². The predicted molar refractivity (Wildman–Crippen MR) is 82.7 cm³/mol. The third-order valence-electron chi connectivity index (χ3n) is 2.70. The summed E-state index contributed by atoms with van der Waals surface area (Å²) in [5.41, 5.74) is 8.29. The zero-order chi connectivity index (χ0) is 14.0. The number of benzene rings is 2. The van der Waals surface area contributed by atoms with Crippen molar-refractivity contribution in [2.45, 2.75) is 6.92 Å². The average Bonchev–Trinajstić information content (AvgIpc) is 2.34. The maximum Gasteiger partial charge on any atom is 0.257 e. The van der Waals surface area contributed by atoms with E-state index in [1.54, 1.807) is 18.2 Å². The van der Waals surface area contributed by atoms with E-state index in [0.717, 1.165) is 10.0 Å². The summed E-state index contributed by atoms with van der Waals surface area (Å²) < 4.78 is 0.857. The standard InChI is InChI=1S/C14H12BrClN2O/c1-8-3-2-4-12(13(8)15)18-14(19)10-6-5-9(16)7-11(10)17/h2-7H,17H2,1H3,(H,18,19). The molecule has 98 valence electrons. The number of nitrogens with one attached hydrogen (secondary N) is 1. The molecule has 1 amide bonds. The molecule has 0 saturated heterocycles. The minimum atomic E-state index is -0.263. The largest absolute Gasteiger partial charge is 0.398 e. The summed E-state index contributed by atoms with van der Waals surface area (Å²) in [6, 6.07) is 10.5. The number of hydrogen-bond acceptors (Lipinski definition) is 2. The molecule has 0 radical (unpaired) electrons. The number of rotatable bonds is 2. The molecule has 0 fully saturated rings. The fourth-order valence-corrected chi connectivity index (χ4v) is 2.22. The third-order valence-corrected chi connectivity index (χ3v) is 3.99. The number of anilines is 2. The quantitative estimate of drug-likeness (QED) is 0.804. The van der Waals surface area contributed by atoms with Crippen LogP contribution in [0, 0.1) is 6.92 Å². The molecule has 0 aliphatic rings. The lowest BCUT2D eigenvalue weighted by molar-refractivity contribution is 0.102. The van der Waals surface area contributed by atoms with Gasteiger partial charge in [0.05, 0.1) is 11.3 Å². The highest BCUT2D eigenvalue weighted by Crippen LogP contribution is 2.27. The van der Waals surface area contributed by atoms with Gasteiger partial charge in [-0.15, -0.1) is 0 Å². The molecule has 0 atom stereocenters. The molecule has 2 aromatic rings. The number of aryl methyl sites for hydroxylation is 1. The van der Waals surface area contributed by atoms with Crippen molar-refractivity contribution in [3.8, 4) is 0 Å². The fraction of sp³-hybridized carbons (Fsp3) is 0.0714. The van der Waals surface area contributed by atoms with Crippen LogP contribution < -0.4 is 11.1 Å². The Bertz CT molecular complexity index is 643. The lowest BCUT2D eigenvalue weighted by Crippen LogP contribution is -2.14. The van der Waals surface area contributed by atoms with E-state index < -0.39 is 0 Å². The second kappa shape index (κ2) is 5.63. The van der Waals surface area contributed by atoms with Gasteiger partial charge in [0.15, 0.2) is 0 Å². The maximum absolute atomic E-state index is 12.2. The molecule has 19 heavy (non-hydrogen) atoms. The minimum absolute atomic E-state index is 0.263. The Morgan fingerprint density at radius 3 is 2.74 bits per heavy atom. The van der Waals surface area contributed by atoms with E-state index in [1.165, 1.54) is 0 Å². The zero-order valence-corrected chi connectivity index (χ0v) is 12.5. The van der Waals surface area contributed by atoms with E-state index >= 15 is 0 Å². The number of halogens is 2. The van der Waals surface area contributed by atoms with Crippen molar-refractivity contribution in [1.29, 1.82) is 0 Å². The van der Waals surface area contributed by atoms with Crippen molar-refractivity contribution in [3.63, 3.8) is 0 Å². The van der Waals surface area contributed by atoms with Gasteiger partial charge in [0.2, 0.25) is 0 Å². The van der Waals surface area contributed by atoms with Gasteiger partial charge in [-0.25, -0.2) is 0 Å². The Hall–Kier alpha value is -1.52. The molecule has 0 saturated carbocycles. The van der Waals surface area contributed by atoms with Crippen LogP contribution in [0.2, 0.25) is 5.02 Å². The van der Waals surface area contributed by atoms with Crippen LogP contribution in [-0.2, 0) is 0 Å². The topological polar surface area (TPSA) is 55.1 Å². The van der Waals surface area contributed by atoms with Gasteiger partial charge < -0.3 is 11.1 Å². The highest BCUT2D eigenvalue weighted by Gasteiger charge is 2.12. The van der Waals surface area contributed by atoms with Gasteiger partial charge in [-0.3, -0.25) is 4.79 Å². The molecular weight excluding hydrogens is 328 g/mol. The van der Waals surface area contributed by atoms with Gasteiger partial charge in [-0.05, 0) is 52.7 Å². The van der Waals surface area contributed by atoms with Crippen LogP contribution in [0.5, 0.6) is 0 Å². The van der Waals surface area contributed by atoms with Crippen LogP contribution in [0.15, 0.2) is 40.9 Å². The van der Waals surface area contributed by atoms with Crippen molar-refractivity contribution in [3.05, 3.63) is 57.0 Å². The molecule has 5 heteroatoms. The summed E-state index contributed by atoms with van der Waals surface area (Å²) in [6.45, 7) is 1.95. The molecule has 0 aliphatic heterocycles. The van der Waals surface area contributed by atoms with Crippen molar-refractivity contribution in [1.82, 2.24) is 0 Å². The van der Waals surface area contributed by atoms with Gasteiger partial charge in [0, 0.05) is 15.2 Å². The van der Waals surface area contributed by atoms with E-state index in [-0.39, 0.29) is 5.91 Å². The third kappa shape index (κ3) is 3.08. The SMILES string of the molecule is Cc1cccc(NC(=O)c2ccc(Cl)cc2N)c1Br. The number of carbonyl (C=O) groups excluding carboxylic acids is 1. The molecule has 0 unspecified atom stereocenters. The van der Waals surface area contributed by atoms with Crippen molar-refractivity contribution >= 4 is 44.8 Å². The molecular formula is C14H12BrClN2O. The summed E-state index contributed by atoms with van der Waals surface area (Å²) in [6.07, 6.45) is 0. The molecule has 3 nitrogen and oxygen atoms in total. The fourth-order valence-electron chi connectivity index (χ4n) is 1.67. The van der Waals surface area contributed by atoms with Crippen LogP contribution in [-0.4, -0.2) is 5.91 Å². The molecule has 0 bridgehead atoms. The van der Waals surface area contributed by atoms with Gasteiger partial charge in [-0.2, -0.15) is 0 Å². The van der Waals surface area contributed by atoms with Crippen LogP contribution in [0.4, 0.5) is 11.4 Å². The molecule has 2 rings (SSSR count). The number of hydrogen-bond donors (Lipinski definition) is 2. The van der Waals surface area contributed by atoms with Crippen molar-refractivity contribution in [2.75, 3.05) is 11.1 Å². The van der Waals surface area contributed by atoms with E-state index in [0.29, 0.717) is 22.0 Å². The zero-order valence-electron chi connectivity index (χ0n) is 10.2. The molecule has 0 heterocycles. The number of carbonyl (C=O) groups is 1. The Kier molecular flexibility index (Phi) is 4.12. The average molecular weight is 340 g/mol. The lowest BCUT2D eigenvalue weighted by Gasteiger charge is -2.10. The molecule has 0 aliphatic carbocycles. The smallest absolute Gasteiger partial charge is 0.257 e. The molecule has 3 N–H and O–H groups in total. The highest BCUT2D eigenvalue weighted by atomic mass is 79.9. The summed E-state index contributed by atoms with van der Waals surface area (Å²) in [4.78, 5) is 12.2. The van der Waals surface area contributed by atoms with E-state index in [4.69, 9.17) is 17.3 Å². The summed E-state index contributed by atoms with van der Waals surface area (Å²) in [7, 11) is 0. The first kappa shape index (κ1) is 13.9. The van der Waals surface area contributed by atoms with Crippen molar-refractivity contribution in [2.24, 2.45) is 0 Å². The number of amides is 1. The highest BCUT2D eigenvalue weighted by molar-refractivity contribution is 9.10. The molecule has 0 spiro atoms. The Labute approximate surface area is 124 Å². The summed E-state index contributed by atoms with van der Waals surface area (Å²) >= 11 is 9.25. The van der Waals surface area contributed by atoms with Crippen LogP contribution in [0.25, 0.3) is 0 Å². The van der Waals surface area contributed by atoms with Gasteiger partial charge >= 0.3 is 0 Å². The summed E-state index contributed by atoms with van der Waals surface area (Å²) in [5, 5.41) is 3.32. The normalized spacial score (nSPS) is 10.3. The Morgan fingerprint density at radius 2 is 2.05 bits per heavy atom. The summed E-state index contributed by atoms with van der Waals surface area (Å²) in [5.74, 6) is -0.263. The number of nitrogen functional groups attached to an aromatic ring is 1. The van der Waals surface area contributed by atoms with Crippen LogP contribution in [0.3, 0.4) is 0 Å². The second-order valence-electron chi connectivity index (χ2n) is 4.12.